The molecule has 0 spiro atoms. The third kappa shape index (κ3) is 1.78. The van der Waals surface area contributed by atoms with Gasteiger partial charge in [-0.1, -0.05) is 24.3 Å². The third-order valence-corrected chi connectivity index (χ3v) is 5.18. The van der Waals surface area contributed by atoms with Gasteiger partial charge in [-0.2, -0.15) is 0 Å². The van der Waals surface area contributed by atoms with E-state index >= 15 is 0 Å². The molecule has 2 heterocycles. The molecule has 0 radical (unpaired) electrons. The van der Waals surface area contributed by atoms with Crippen molar-refractivity contribution in [3.8, 4) is 5.69 Å². The highest BCUT2D eigenvalue weighted by molar-refractivity contribution is 7.25. The van der Waals surface area contributed by atoms with Gasteiger partial charge in [0.05, 0.1) is 11.4 Å². The Morgan fingerprint density at radius 1 is 1.00 bits per heavy atom. The van der Waals surface area contributed by atoms with Gasteiger partial charge in [-0.05, 0) is 43.2 Å². The van der Waals surface area contributed by atoms with E-state index < -0.39 is 0 Å². The number of aryl methyl sites for hydroxylation is 2. The van der Waals surface area contributed by atoms with Crippen LogP contribution in [0.5, 0.6) is 0 Å². The number of nitrogens with two attached hydrogens (primary N) is 1. The van der Waals surface area contributed by atoms with E-state index in [2.05, 4.69) is 67.1 Å². The fraction of sp³-hybridized carbons (Fsp3) is 0.111. The molecule has 104 valence electrons. The Morgan fingerprint density at radius 2 is 1.81 bits per heavy atom. The zero-order valence-electron chi connectivity index (χ0n) is 12.1. The zero-order valence-corrected chi connectivity index (χ0v) is 12.9. The van der Waals surface area contributed by atoms with Gasteiger partial charge in [0.2, 0.25) is 0 Å². The first-order valence-electron chi connectivity index (χ1n) is 7.01. The second-order valence-electron chi connectivity index (χ2n) is 5.52. The number of thiophene rings is 1. The predicted octanol–water partition coefficient (Wildman–Crippen LogP) is 5.04. The van der Waals surface area contributed by atoms with Crippen LogP contribution < -0.4 is 5.73 Å². The Bertz CT molecular complexity index is 976. The minimum atomic E-state index is 0.857. The van der Waals surface area contributed by atoms with Crippen LogP contribution in [-0.4, -0.2) is 4.57 Å². The quantitative estimate of drug-likeness (QED) is 0.489. The van der Waals surface area contributed by atoms with E-state index in [1.165, 1.54) is 25.9 Å². The van der Waals surface area contributed by atoms with Gasteiger partial charge in [0.1, 0.15) is 4.83 Å². The summed E-state index contributed by atoms with van der Waals surface area (Å²) < 4.78 is 3.54. The highest BCUT2D eigenvalue weighted by Gasteiger charge is 2.12. The summed E-state index contributed by atoms with van der Waals surface area (Å²) >= 11 is 1.82. The van der Waals surface area contributed by atoms with Crippen molar-refractivity contribution in [2.75, 3.05) is 5.73 Å². The monoisotopic (exact) mass is 292 g/mol. The van der Waals surface area contributed by atoms with Gasteiger partial charge in [-0.25, -0.2) is 0 Å². The van der Waals surface area contributed by atoms with E-state index in [0.717, 1.165) is 16.9 Å². The Hall–Kier alpha value is -2.26. The van der Waals surface area contributed by atoms with Gasteiger partial charge >= 0.3 is 0 Å². The van der Waals surface area contributed by atoms with Crippen molar-refractivity contribution < 1.29 is 0 Å². The van der Waals surface area contributed by atoms with E-state index in [1.54, 1.807) is 0 Å². The minimum absolute atomic E-state index is 0.857. The summed E-state index contributed by atoms with van der Waals surface area (Å²) in [6, 6.07) is 15.0. The van der Waals surface area contributed by atoms with Gasteiger partial charge in [0.25, 0.3) is 0 Å². The molecule has 2 aromatic carbocycles. The van der Waals surface area contributed by atoms with Crippen molar-refractivity contribution in [1.82, 2.24) is 4.57 Å². The van der Waals surface area contributed by atoms with Crippen LogP contribution in [-0.2, 0) is 0 Å². The number of fused-ring (bicyclic) bond motifs is 3. The summed E-state index contributed by atoms with van der Waals surface area (Å²) in [4.78, 5) is 1.26. The number of aromatic nitrogens is 1. The van der Waals surface area contributed by atoms with Crippen LogP contribution in [0.1, 0.15) is 11.1 Å². The lowest BCUT2D eigenvalue weighted by Crippen LogP contribution is -2.00. The van der Waals surface area contributed by atoms with Crippen LogP contribution in [0.25, 0.3) is 26.0 Å². The average molecular weight is 292 g/mol. The fourth-order valence-corrected chi connectivity index (χ4v) is 4.14. The van der Waals surface area contributed by atoms with Crippen LogP contribution in [0, 0.1) is 13.8 Å². The highest BCUT2D eigenvalue weighted by atomic mass is 32.1. The van der Waals surface area contributed by atoms with Crippen LogP contribution in [0.15, 0.2) is 48.7 Å². The van der Waals surface area contributed by atoms with Crippen LogP contribution in [0.4, 0.5) is 5.69 Å². The summed E-state index contributed by atoms with van der Waals surface area (Å²) in [6.45, 7) is 4.18. The molecule has 0 unspecified atom stereocenters. The molecule has 0 aliphatic heterocycles. The van der Waals surface area contributed by atoms with Gasteiger partial charge < -0.3 is 10.3 Å². The molecule has 4 rings (SSSR count). The highest BCUT2D eigenvalue weighted by Crippen LogP contribution is 2.37. The molecule has 21 heavy (non-hydrogen) atoms. The predicted molar refractivity (Wildman–Crippen MR) is 92.5 cm³/mol. The lowest BCUT2D eigenvalue weighted by atomic mass is 10.1. The maximum atomic E-state index is 6.31. The fourth-order valence-electron chi connectivity index (χ4n) is 2.95. The maximum Gasteiger partial charge on any atom is 0.108 e. The number of rotatable bonds is 1. The lowest BCUT2D eigenvalue weighted by molar-refractivity contribution is 1.13. The first kappa shape index (κ1) is 12.5. The summed E-state index contributed by atoms with van der Waals surface area (Å²) in [6.07, 6.45) is 2.12. The lowest BCUT2D eigenvalue weighted by Gasteiger charge is -2.11. The van der Waals surface area contributed by atoms with E-state index in [9.17, 15) is 0 Å². The minimum Gasteiger partial charge on any atom is -0.397 e. The van der Waals surface area contributed by atoms with Gasteiger partial charge in [0.15, 0.2) is 0 Å². The van der Waals surface area contributed by atoms with E-state index in [0.29, 0.717) is 0 Å². The molecule has 2 nitrogen and oxygen atoms in total. The van der Waals surface area contributed by atoms with Crippen molar-refractivity contribution in [2.24, 2.45) is 0 Å². The normalized spacial score (nSPS) is 11.5. The van der Waals surface area contributed by atoms with Crippen molar-refractivity contribution in [3.05, 3.63) is 59.8 Å². The molecular weight excluding hydrogens is 276 g/mol. The van der Waals surface area contributed by atoms with Gasteiger partial charge in [-0.15, -0.1) is 11.3 Å². The third-order valence-electron chi connectivity index (χ3n) is 3.99. The first-order valence-corrected chi connectivity index (χ1v) is 7.82. The molecule has 0 aliphatic rings. The molecule has 0 bridgehead atoms. The molecule has 0 aliphatic carbocycles. The molecule has 0 saturated carbocycles. The molecule has 2 aromatic heterocycles. The second kappa shape index (κ2) is 4.37. The first-order chi connectivity index (χ1) is 10.1. The Labute approximate surface area is 127 Å². The van der Waals surface area contributed by atoms with Crippen LogP contribution >= 0.6 is 11.3 Å². The molecule has 0 fully saturated rings. The van der Waals surface area contributed by atoms with Crippen LogP contribution in [0.3, 0.4) is 0 Å². The zero-order chi connectivity index (χ0) is 14.6. The maximum absolute atomic E-state index is 6.31. The Balaban J connectivity index is 2.07. The summed E-state index contributed by atoms with van der Waals surface area (Å²) in [5, 5.41) is 2.62. The summed E-state index contributed by atoms with van der Waals surface area (Å²) in [5.41, 5.74) is 10.6. The number of nitrogens with zero attached hydrogens (tertiary/aromatic N) is 1. The summed E-state index contributed by atoms with van der Waals surface area (Å²) in [7, 11) is 0. The molecule has 2 N–H and O–H groups in total. The number of benzene rings is 2. The topological polar surface area (TPSA) is 30.9 Å². The van der Waals surface area contributed by atoms with Crippen molar-refractivity contribution in [3.63, 3.8) is 0 Å². The number of anilines is 1. The van der Waals surface area contributed by atoms with Gasteiger partial charge in [-0.3, -0.25) is 0 Å². The molecular formula is C18H16N2S. The summed E-state index contributed by atoms with van der Waals surface area (Å²) in [5.74, 6) is 0. The number of hydrogen-bond donors (Lipinski definition) is 1. The SMILES string of the molecule is Cc1cc(C)c(N)c(-n2ccc3c4ccccc4sc32)c1. The second-order valence-corrected chi connectivity index (χ2v) is 6.55. The molecule has 0 amide bonds. The van der Waals surface area contributed by atoms with Gasteiger partial charge in [0, 0.05) is 21.7 Å². The molecule has 4 aromatic rings. The van der Waals surface area contributed by atoms with Crippen molar-refractivity contribution >= 4 is 37.3 Å². The molecule has 0 atom stereocenters. The van der Waals surface area contributed by atoms with E-state index in [1.807, 2.05) is 11.3 Å². The Kier molecular flexibility index (Phi) is 2.59. The largest absolute Gasteiger partial charge is 0.397 e. The number of hydrogen-bond acceptors (Lipinski definition) is 2. The molecule has 0 saturated heterocycles. The van der Waals surface area contributed by atoms with E-state index in [-0.39, 0.29) is 0 Å². The average Bonchev–Trinajstić information content (AvgIpc) is 3.01. The van der Waals surface area contributed by atoms with Crippen molar-refractivity contribution in [2.45, 2.75) is 13.8 Å². The Morgan fingerprint density at radius 3 is 2.67 bits per heavy atom. The smallest absolute Gasteiger partial charge is 0.108 e. The van der Waals surface area contributed by atoms with E-state index in [4.69, 9.17) is 5.73 Å². The standard InChI is InChI=1S/C18H16N2S/c1-11-9-12(2)17(19)15(10-11)20-8-7-14-13-5-3-4-6-16(13)21-18(14)20/h3-10H,19H2,1-2H3. The van der Waals surface area contributed by atoms with Crippen molar-refractivity contribution in [1.29, 1.82) is 0 Å². The molecule has 3 heteroatoms. The van der Waals surface area contributed by atoms with Crippen LogP contribution in [0.2, 0.25) is 0 Å². The number of nitrogen functional groups attached to an aromatic ring is 1.